The van der Waals surface area contributed by atoms with Crippen LogP contribution in [0.2, 0.25) is 0 Å². The van der Waals surface area contributed by atoms with Gasteiger partial charge in [0.05, 0.1) is 5.57 Å². The van der Waals surface area contributed by atoms with Crippen LogP contribution < -0.4 is 10.1 Å². The number of aromatic nitrogens is 2. The second-order valence-corrected chi connectivity index (χ2v) is 7.77. The average molecular weight is 438 g/mol. The van der Waals surface area contributed by atoms with Crippen molar-refractivity contribution < 1.29 is 4.74 Å². The van der Waals surface area contributed by atoms with E-state index in [9.17, 15) is 10.5 Å². The van der Waals surface area contributed by atoms with E-state index < -0.39 is 0 Å². The molecule has 0 spiro atoms. The summed E-state index contributed by atoms with van der Waals surface area (Å²) in [6, 6.07) is 10.3. The van der Waals surface area contributed by atoms with Gasteiger partial charge in [-0.2, -0.15) is 10.5 Å². The van der Waals surface area contributed by atoms with Crippen LogP contribution in [0.15, 0.2) is 72.1 Å². The molecule has 6 nitrogen and oxygen atoms in total. The summed E-state index contributed by atoms with van der Waals surface area (Å²) in [7, 11) is 0. The van der Waals surface area contributed by atoms with E-state index in [0.717, 1.165) is 47.2 Å². The van der Waals surface area contributed by atoms with Crippen LogP contribution in [0.1, 0.15) is 51.3 Å². The molecule has 1 aromatic carbocycles. The molecule has 1 aliphatic carbocycles. The van der Waals surface area contributed by atoms with Crippen LogP contribution >= 0.6 is 0 Å². The third-order valence-corrected chi connectivity index (χ3v) is 5.29. The molecule has 0 aliphatic heterocycles. The highest BCUT2D eigenvalue weighted by molar-refractivity contribution is 5.89. The summed E-state index contributed by atoms with van der Waals surface area (Å²) in [5, 5.41) is 22.9. The normalized spacial score (nSPS) is 14.6. The first-order chi connectivity index (χ1) is 16.0. The Morgan fingerprint density at radius 1 is 1.24 bits per heavy atom. The molecule has 3 rings (SSSR count). The lowest BCUT2D eigenvalue weighted by molar-refractivity contribution is 0.458. The topological polar surface area (TPSA) is 94.6 Å². The summed E-state index contributed by atoms with van der Waals surface area (Å²) in [5.41, 5.74) is 5.28. The minimum absolute atomic E-state index is 0.115. The van der Waals surface area contributed by atoms with Crippen molar-refractivity contribution in [2.45, 2.75) is 46.1 Å². The maximum absolute atomic E-state index is 10.1. The van der Waals surface area contributed by atoms with Crippen LogP contribution in [-0.2, 0) is 0 Å². The number of hydrogen-bond acceptors (Lipinski definition) is 6. The van der Waals surface area contributed by atoms with E-state index in [0.29, 0.717) is 17.4 Å². The van der Waals surface area contributed by atoms with E-state index in [1.807, 2.05) is 38.1 Å². The van der Waals surface area contributed by atoms with Crippen molar-refractivity contribution in [3.05, 3.63) is 83.4 Å². The Kier molecular flexibility index (Phi) is 7.78. The number of nitriles is 2. The van der Waals surface area contributed by atoms with Crippen molar-refractivity contribution in [1.29, 1.82) is 10.5 Å². The van der Waals surface area contributed by atoms with Crippen molar-refractivity contribution in [2.24, 2.45) is 0 Å². The fraction of sp³-hybridized carbons (Fsp3) is 0.259. The minimum Gasteiger partial charge on any atom is -0.436 e. The summed E-state index contributed by atoms with van der Waals surface area (Å²) in [6.45, 7) is 9.94. The molecule has 2 aromatic rings. The van der Waals surface area contributed by atoms with Crippen LogP contribution in [0.3, 0.4) is 0 Å². The molecular formula is C27H27N5O. The maximum Gasteiger partial charge on any atom is 0.256 e. The highest BCUT2D eigenvalue weighted by Gasteiger charge is 2.24. The lowest BCUT2D eigenvalue weighted by Crippen LogP contribution is -2.05. The molecule has 1 heterocycles. The summed E-state index contributed by atoms with van der Waals surface area (Å²) in [4.78, 5) is 8.11. The summed E-state index contributed by atoms with van der Waals surface area (Å²) >= 11 is 0. The minimum atomic E-state index is 0.115. The molecule has 0 unspecified atom stereocenters. The van der Waals surface area contributed by atoms with Gasteiger partial charge in [-0.1, -0.05) is 31.7 Å². The highest BCUT2D eigenvalue weighted by Crippen LogP contribution is 2.37. The molecular weight excluding hydrogens is 410 g/mol. The molecule has 1 aliphatic rings. The SMILES string of the molecule is C=C/C=C(C(\C)=C/CC)/C(C)=C(\C#N)c1ccc(Oc2nccnc2C#N)cc1NC1CC1. The van der Waals surface area contributed by atoms with Gasteiger partial charge in [-0.3, -0.25) is 0 Å². The van der Waals surface area contributed by atoms with E-state index in [1.165, 1.54) is 12.4 Å². The Hall–Kier alpha value is -4.16. The quantitative estimate of drug-likeness (QED) is 0.356. The molecule has 1 N–H and O–H groups in total. The Balaban J connectivity index is 2.08. The maximum atomic E-state index is 10.1. The van der Waals surface area contributed by atoms with E-state index in [4.69, 9.17) is 4.74 Å². The molecule has 0 amide bonds. The average Bonchev–Trinajstić information content (AvgIpc) is 3.63. The molecule has 166 valence electrons. The monoisotopic (exact) mass is 437 g/mol. The zero-order valence-corrected chi connectivity index (χ0v) is 19.2. The Labute approximate surface area is 195 Å². The predicted molar refractivity (Wildman–Crippen MR) is 130 cm³/mol. The number of rotatable bonds is 9. The first-order valence-corrected chi connectivity index (χ1v) is 10.9. The van der Waals surface area contributed by atoms with E-state index in [-0.39, 0.29) is 11.6 Å². The Morgan fingerprint density at radius 2 is 2.00 bits per heavy atom. The van der Waals surface area contributed by atoms with Gasteiger partial charge < -0.3 is 10.1 Å². The first-order valence-electron chi connectivity index (χ1n) is 10.9. The van der Waals surface area contributed by atoms with Crippen LogP contribution in [0.25, 0.3) is 5.57 Å². The number of benzene rings is 1. The van der Waals surface area contributed by atoms with E-state index in [1.54, 1.807) is 12.1 Å². The zero-order chi connectivity index (χ0) is 23.8. The molecule has 33 heavy (non-hydrogen) atoms. The van der Waals surface area contributed by atoms with Crippen LogP contribution in [-0.4, -0.2) is 16.0 Å². The smallest absolute Gasteiger partial charge is 0.256 e. The molecule has 6 heteroatoms. The molecule has 0 atom stereocenters. The van der Waals surface area contributed by atoms with Crippen molar-refractivity contribution in [2.75, 3.05) is 5.32 Å². The lowest BCUT2D eigenvalue weighted by atomic mass is 9.91. The third-order valence-electron chi connectivity index (χ3n) is 5.29. The van der Waals surface area contributed by atoms with Crippen molar-refractivity contribution >= 4 is 11.3 Å². The molecule has 1 saturated carbocycles. The van der Waals surface area contributed by atoms with Crippen LogP contribution in [0.4, 0.5) is 5.69 Å². The van der Waals surface area contributed by atoms with Gasteiger partial charge in [0.1, 0.15) is 17.9 Å². The number of ether oxygens (including phenoxy) is 1. The third kappa shape index (κ3) is 5.75. The predicted octanol–water partition coefficient (Wildman–Crippen LogP) is 6.48. The van der Waals surface area contributed by atoms with E-state index >= 15 is 0 Å². The summed E-state index contributed by atoms with van der Waals surface area (Å²) < 4.78 is 5.86. The second-order valence-electron chi connectivity index (χ2n) is 7.77. The van der Waals surface area contributed by atoms with Crippen LogP contribution in [0.5, 0.6) is 11.6 Å². The first kappa shape index (κ1) is 23.5. The fourth-order valence-electron chi connectivity index (χ4n) is 3.53. The van der Waals surface area contributed by atoms with Crippen LogP contribution in [0, 0.1) is 22.7 Å². The second kappa shape index (κ2) is 10.9. The van der Waals surface area contributed by atoms with E-state index in [2.05, 4.69) is 40.9 Å². The molecule has 1 fully saturated rings. The molecule has 0 saturated heterocycles. The standard InChI is InChI=1S/C27H27N5O/c1-5-7-18(3)22(8-6-2)19(4)24(16-28)23-12-11-21(15-25(23)32-20-9-10-20)33-27-26(17-29)30-13-14-31-27/h6-8,11-15,20,32H,2,5,9-10H2,1,3-4H3/b18-7-,22-8+,24-19+. The number of allylic oxidation sites excluding steroid dienone is 7. The van der Waals surface area contributed by atoms with Gasteiger partial charge in [0.15, 0.2) is 0 Å². The molecule has 0 bridgehead atoms. The van der Waals surface area contributed by atoms with Gasteiger partial charge in [-0.25, -0.2) is 9.97 Å². The Bertz CT molecular complexity index is 1220. The fourth-order valence-corrected chi connectivity index (χ4v) is 3.53. The summed E-state index contributed by atoms with van der Waals surface area (Å²) in [5.74, 6) is 0.659. The number of nitrogens with zero attached hydrogens (tertiary/aromatic N) is 4. The largest absolute Gasteiger partial charge is 0.436 e. The number of anilines is 1. The highest BCUT2D eigenvalue weighted by atomic mass is 16.5. The van der Waals surface area contributed by atoms with Gasteiger partial charge in [-0.05, 0) is 62.0 Å². The van der Waals surface area contributed by atoms with Crippen molar-refractivity contribution in [1.82, 2.24) is 9.97 Å². The summed E-state index contributed by atoms with van der Waals surface area (Å²) in [6.07, 6.45) is 11.8. The van der Waals surface area contributed by atoms with Gasteiger partial charge in [0, 0.05) is 35.8 Å². The number of hydrogen-bond donors (Lipinski definition) is 1. The van der Waals surface area contributed by atoms with Gasteiger partial charge in [0.25, 0.3) is 5.88 Å². The van der Waals surface area contributed by atoms with Gasteiger partial charge >= 0.3 is 0 Å². The molecule has 1 aromatic heterocycles. The Morgan fingerprint density at radius 3 is 2.64 bits per heavy atom. The molecule has 0 radical (unpaired) electrons. The number of nitrogens with one attached hydrogen (secondary N) is 1. The van der Waals surface area contributed by atoms with Crippen molar-refractivity contribution in [3.8, 4) is 23.8 Å². The van der Waals surface area contributed by atoms with Gasteiger partial charge in [0.2, 0.25) is 5.69 Å². The zero-order valence-electron chi connectivity index (χ0n) is 19.2. The lowest BCUT2D eigenvalue weighted by Gasteiger charge is -2.17. The van der Waals surface area contributed by atoms with Crippen molar-refractivity contribution in [3.63, 3.8) is 0 Å². The van der Waals surface area contributed by atoms with Gasteiger partial charge in [-0.15, -0.1) is 0 Å².